The van der Waals surface area contributed by atoms with Crippen molar-refractivity contribution in [3.05, 3.63) is 77.2 Å². The first-order chi connectivity index (χ1) is 21.4. The van der Waals surface area contributed by atoms with Crippen LogP contribution in [0.5, 0.6) is 0 Å². The fourth-order valence-electron chi connectivity index (χ4n) is 10.4. The van der Waals surface area contributed by atoms with Gasteiger partial charge in [-0.2, -0.15) is 0 Å². The van der Waals surface area contributed by atoms with Crippen molar-refractivity contribution < 1.29 is 19.7 Å². The molecule has 3 aliphatic carbocycles. The van der Waals surface area contributed by atoms with E-state index in [-0.39, 0.29) is 58.9 Å². The Morgan fingerprint density at radius 3 is 2.02 bits per heavy atom. The van der Waals surface area contributed by atoms with Gasteiger partial charge in [-0.25, -0.2) is 4.98 Å². The molecular formula is C38H53NO4SSi. The maximum absolute atomic E-state index is 12.1. The van der Waals surface area contributed by atoms with Gasteiger partial charge < -0.3 is 19.7 Å². The van der Waals surface area contributed by atoms with Crippen LogP contribution in [0.2, 0.25) is 5.04 Å². The second-order valence-corrected chi connectivity index (χ2v) is 21.0. The van der Waals surface area contributed by atoms with Gasteiger partial charge in [0.25, 0.3) is 8.32 Å². The second-order valence-electron chi connectivity index (χ2n) is 15.8. The largest absolute Gasteiger partial charge is 0.404 e. The van der Waals surface area contributed by atoms with Crippen molar-refractivity contribution in [1.82, 2.24) is 4.98 Å². The van der Waals surface area contributed by atoms with Crippen molar-refractivity contribution in [3.8, 4) is 0 Å². The molecule has 1 heterocycles. The summed E-state index contributed by atoms with van der Waals surface area (Å²) in [4.78, 5) is 4.57. The van der Waals surface area contributed by atoms with Gasteiger partial charge in [-0.05, 0) is 89.4 Å². The number of aliphatic hydroxyl groups excluding tert-OH is 2. The molecule has 45 heavy (non-hydrogen) atoms. The van der Waals surface area contributed by atoms with Crippen LogP contribution in [-0.2, 0) is 10.0 Å². The van der Waals surface area contributed by atoms with E-state index >= 15 is 0 Å². The molecule has 0 radical (unpaired) electrons. The lowest BCUT2D eigenvalue weighted by Crippen LogP contribution is -2.68. The summed E-state index contributed by atoms with van der Waals surface area (Å²) in [7, 11) is -2.71. The van der Waals surface area contributed by atoms with Gasteiger partial charge in [-0.1, -0.05) is 95.3 Å². The third-order valence-electron chi connectivity index (χ3n) is 12.9. The number of aliphatic hydroxyl groups is 3. The van der Waals surface area contributed by atoms with Crippen LogP contribution in [0.15, 0.2) is 72.2 Å². The average molecular weight is 648 g/mol. The Labute approximate surface area is 275 Å². The molecule has 7 heteroatoms. The summed E-state index contributed by atoms with van der Waals surface area (Å²) in [6.45, 7) is 11.8. The molecule has 1 aromatic heterocycles. The normalized spacial score (nSPS) is 35.7. The number of hydrogen-bond acceptors (Lipinski definition) is 6. The molecule has 0 saturated heterocycles. The molecular weight excluding hydrogens is 595 g/mol. The lowest BCUT2D eigenvalue weighted by Gasteiger charge is -2.58. The summed E-state index contributed by atoms with van der Waals surface area (Å²) in [5, 5.41) is 39.4. The van der Waals surface area contributed by atoms with Gasteiger partial charge in [0.1, 0.15) is 10.6 Å². The number of thiazole rings is 1. The molecule has 0 bridgehead atoms. The summed E-state index contributed by atoms with van der Waals surface area (Å²) in [6.07, 6.45) is 8.00. The minimum absolute atomic E-state index is 0.0458. The lowest BCUT2D eigenvalue weighted by molar-refractivity contribution is -0.152. The van der Waals surface area contributed by atoms with E-state index in [1.807, 2.05) is 5.38 Å². The highest BCUT2D eigenvalue weighted by molar-refractivity contribution is 7.09. The van der Waals surface area contributed by atoms with Crippen molar-refractivity contribution in [2.45, 2.75) is 96.3 Å². The Hall–Kier alpha value is -1.87. The summed E-state index contributed by atoms with van der Waals surface area (Å²) in [5.74, 6) is 0.672. The van der Waals surface area contributed by atoms with E-state index in [0.717, 1.165) is 43.5 Å². The van der Waals surface area contributed by atoms with E-state index < -0.39 is 13.9 Å². The molecule has 3 fully saturated rings. The van der Waals surface area contributed by atoms with Crippen LogP contribution < -0.4 is 10.4 Å². The molecule has 0 aliphatic heterocycles. The molecule has 3 N–H and O–H groups in total. The van der Waals surface area contributed by atoms with E-state index in [1.165, 1.54) is 10.4 Å². The molecule has 8 atom stereocenters. The minimum Gasteiger partial charge on any atom is -0.404 e. The molecule has 0 spiro atoms. The Kier molecular flexibility index (Phi) is 9.03. The highest BCUT2D eigenvalue weighted by Crippen LogP contribution is 2.67. The maximum Gasteiger partial charge on any atom is 0.261 e. The highest BCUT2D eigenvalue weighted by atomic mass is 32.1. The fourth-order valence-corrected chi connectivity index (χ4v) is 16.0. The van der Waals surface area contributed by atoms with Gasteiger partial charge in [0.2, 0.25) is 0 Å². The predicted octanol–water partition coefficient (Wildman–Crippen LogP) is 6.51. The topological polar surface area (TPSA) is 82.8 Å². The Morgan fingerprint density at radius 1 is 0.867 bits per heavy atom. The number of rotatable bonds is 8. The number of fused-ring (bicyclic) bond motifs is 1. The van der Waals surface area contributed by atoms with Crippen LogP contribution in [-0.4, -0.2) is 47.9 Å². The predicted molar refractivity (Wildman–Crippen MR) is 185 cm³/mol. The Balaban J connectivity index is 1.29. The summed E-state index contributed by atoms with van der Waals surface area (Å²) >= 11 is 1.55. The summed E-state index contributed by atoms with van der Waals surface area (Å²) in [5.41, 5.74) is -1.37. The smallest absolute Gasteiger partial charge is 0.261 e. The number of benzene rings is 2. The summed E-state index contributed by atoms with van der Waals surface area (Å²) < 4.78 is 7.58. The van der Waals surface area contributed by atoms with Crippen molar-refractivity contribution in [1.29, 1.82) is 0 Å². The minimum atomic E-state index is -2.71. The monoisotopic (exact) mass is 647 g/mol. The molecule has 6 rings (SSSR count). The third kappa shape index (κ3) is 5.21. The van der Waals surface area contributed by atoms with Crippen molar-refractivity contribution in [3.63, 3.8) is 0 Å². The standard InChI is InChI=1S/C38H53NO4SSi/c1-35(2,3)45(29-12-8-6-9-13-29,30-14-10-7-11-15-30)43-28-16-19-36(4,27(24-28)25-40)32-17-20-37(5)33(31(32)26-41)18-21-38(37,42)34-39-22-23-44-34/h6-15,22-23,27-28,31-33,40-42H,16-21,24-26H2,1-5H3/t27-,28+,31?,32?,33?,36+,37?,38?/m1/s1. The van der Waals surface area contributed by atoms with Gasteiger partial charge in [0, 0.05) is 36.3 Å². The molecule has 2 aromatic carbocycles. The van der Waals surface area contributed by atoms with Crippen LogP contribution >= 0.6 is 11.3 Å². The van der Waals surface area contributed by atoms with Crippen LogP contribution in [0.4, 0.5) is 0 Å². The summed E-state index contributed by atoms with van der Waals surface area (Å²) in [6, 6.07) is 21.7. The van der Waals surface area contributed by atoms with Gasteiger partial charge in [0.05, 0.1) is 0 Å². The van der Waals surface area contributed by atoms with Gasteiger partial charge in [0.15, 0.2) is 0 Å². The molecule has 0 amide bonds. The van der Waals surface area contributed by atoms with E-state index in [9.17, 15) is 15.3 Å². The first-order valence-corrected chi connectivity index (χ1v) is 19.9. The number of aromatic nitrogens is 1. The molecule has 5 nitrogen and oxygen atoms in total. The van der Waals surface area contributed by atoms with Crippen molar-refractivity contribution in [2.24, 2.45) is 34.5 Å². The first kappa shape index (κ1) is 33.0. The molecule has 5 unspecified atom stereocenters. The molecule has 3 aliphatic rings. The Bertz CT molecular complexity index is 1380. The number of nitrogens with zero attached hydrogens (tertiary/aromatic N) is 1. The average Bonchev–Trinajstić information content (AvgIpc) is 3.68. The zero-order chi connectivity index (χ0) is 32.1. The Morgan fingerprint density at radius 2 is 1.49 bits per heavy atom. The second kappa shape index (κ2) is 12.3. The van der Waals surface area contributed by atoms with Gasteiger partial charge in [-0.3, -0.25) is 0 Å². The van der Waals surface area contributed by atoms with E-state index in [0.29, 0.717) is 6.42 Å². The lowest BCUT2D eigenvalue weighted by atomic mass is 9.48. The number of hydrogen-bond donors (Lipinski definition) is 3. The van der Waals surface area contributed by atoms with E-state index in [4.69, 9.17) is 4.43 Å². The molecule has 3 aromatic rings. The van der Waals surface area contributed by atoms with Gasteiger partial charge >= 0.3 is 0 Å². The maximum atomic E-state index is 12.1. The molecule has 244 valence electrons. The van der Waals surface area contributed by atoms with Gasteiger partial charge in [-0.15, -0.1) is 11.3 Å². The van der Waals surface area contributed by atoms with Crippen LogP contribution in [0.3, 0.4) is 0 Å². The van der Waals surface area contributed by atoms with Crippen molar-refractivity contribution >= 4 is 30.0 Å². The van der Waals surface area contributed by atoms with Crippen LogP contribution in [0.1, 0.15) is 84.6 Å². The molecule has 3 saturated carbocycles. The zero-order valence-electron chi connectivity index (χ0n) is 27.8. The SMILES string of the molecule is CC12CCC([C@@]3(C)CC[C@H](O[Si](c4ccccc4)(c4ccccc4)C(C)(C)C)C[C@@H]3CO)C(CO)C1CCC2(O)c1nccs1. The van der Waals surface area contributed by atoms with Crippen LogP contribution in [0.25, 0.3) is 0 Å². The van der Waals surface area contributed by atoms with E-state index in [2.05, 4.69) is 100 Å². The third-order valence-corrected chi connectivity index (χ3v) is 18.9. The fraction of sp³-hybridized carbons (Fsp3) is 0.605. The van der Waals surface area contributed by atoms with Crippen LogP contribution in [0, 0.1) is 34.5 Å². The first-order valence-electron chi connectivity index (χ1n) is 17.1. The quantitative estimate of drug-likeness (QED) is 0.243. The zero-order valence-corrected chi connectivity index (χ0v) is 29.6. The van der Waals surface area contributed by atoms with E-state index in [1.54, 1.807) is 17.5 Å². The van der Waals surface area contributed by atoms with Crippen molar-refractivity contribution in [2.75, 3.05) is 13.2 Å². The highest BCUT2D eigenvalue weighted by Gasteiger charge is 2.65.